The molecule has 0 bridgehead atoms. The highest BCUT2D eigenvalue weighted by molar-refractivity contribution is 5.76. The summed E-state index contributed by atoms with van der Waals surface area (Å²) in [6.07, 6.45) is -0.491. The first-order valence-corrected chi connectivity index (χ1v) is 7.64. The van der Waals surface area contributed by atoms with Crippen LogP contribution in [-0.4, -0.2) is 24.3 Å². The van der Waals surface area contributed by atoms with Gasteiger partial charge in [-0.3, -0.25) is 4.79 Å². The summed E-state index contributed by atoms with van der Waals surface area (Å²) in [7, 11) is 0. The van der Waals surface area contributed by atoms with Crippen molar-refractivity contribution in [2.24, 2.45) is 10.8 Å². The van der Waals surface area contributed by atoms with Gasteiger partial charge in [0.2, 0.25) is 0 Å². The van der Waals surface area contributed by atoms with Crippen LogP contribution >= 0.6 is 0 Å². The van der Waals surface area contributed by atoms with Crippen LogP contribution in [0.2, 0.25) is 0 Å². The Morgan fingerprint density at radius 1 is 1.09 bits per heavy atom. The molecule has 1 N–H and O–H groups in total. The van der Waals surface area contributed by atoms with Gasteiger partial charge in [-0.05, 0) is 43.9 Å². The van der Waals surface area contributed by atoms with Crippen LogP contribution in [0.25, 0.3) is 0 Å². The van der Waals surface area contributed by atoms with E-state index in [4.69, 9.17) is 9.47 Å². The third-order valence-corrected chi connectivity index (χ3v) is 4.33. The first kappa shape index (κ1) is 18.5. The molecule has 1 aromatic rings. The predicted octanol–water partition coefficient (Wildman–Crippen LogP) is 3.73. The van der Waals surface area contributed by atoms with Crippen molar-refractivity contribution in [3.8, 4) is 5.75 Å². The van der Waals surface area contributed by atoms with E-state index in [0.29, 0.717) is 12.4 Å². The summed E-state index contributed by atoms with van der Waals surface area (Å²) in [5, 5.41) is 9.43. The second-order valence-electron chi connectivity index (χ2n) is 7.10. The number of aliphatic hydroxyl groups excluding tert-OH is 1. The highest BCUT2D eigenvalue weighted by Crippen LogP contribution is 2.38. The van der Waals surface area contributed by atoms with Gasteiger partial charge in [0.05, 0.1) is 11.5 Å². The molecule has 0 aliphatic heterocycles. The SMILES string of the molecule is CC(O)c1ccc(OCCOC(=O)C(C)(C)C(C)(C)C)cc1. The Bertz CT molecular complexity index is 481. The zero-order valence-corrected chi connectivity index (χ0v) is 14.5. The number of benzene rings is 1. The van der Waals surface area contributed by atoms with Gasteiger partial charge in [-0.1, -0.05) is 32.9 Å². The topological polar surface area (TPSA) is 55.8 Å². The fraction of sp³-hybridized carbons (Fsp3) is 0.611. The summed E-state index contributed by atoms with van der Waals surface area (Å²) in [6.45, 7) is 12.1. The van der Waals surface area contributed by atoms with Crippen LogP contribution in [0.15, 0.2) is 24.3 Å². The molecule has 0 saturated heterocycles. The molecule has 0 heterocycles. The number of esters is 1. The number of carbonyl (C=O) groups is 1. The lowest BCUT2D eigenvalue weighted by Crippen LogP contribution is -2.39. The van der Waals surface area contributed by atoms with Crippen molar-refractivity contribution in [3.63, 3.8) is 0 Å². The lowest BCUT2D eigenvalue weighted by Gasteiger charge is -2.36. The predicted molar refractivity (Wildman–Crippen MR) is 86.8 cm³/mol. The van der Waals surface area contributed by atoms with E-state index in [1.165, 1.54) is 0 Å². The lowest BCUT2D eigenvalue weighted by atomic mass is 9.69. The molecular weight excluding hydrogens is 280 g/mol. The minimum Gasteiger partial charge on any atom is -0.490 e. The number of hydrogen-bond donors (Lipinski definition) is 1. The summed E-state index contributed by atoms with van der Waals surface area (Å²) in [4.78, 5) is 12.1. The summed E-state index contributed by atoms with van der Waals surface area (Å²) in [6, 6.07) is 7.22. The van der Waals surface area contributed by atoms with Gasteiger partial charge in [-0.15, -0.1) is 0 Å². The van der Waals surface area contributed by atoms with E-state index >= 15 is 0 Å². The van der Waals surface area contributed by atoms with Gasteiger partial charge in [-0.2, -0.15) is 0 Å². The van der Waals surface area contributed by atoms with Crippen molar-refractivity contribution in [2.45, 2.75) is 47.6 Å². The van der Waals surface area contributed by atoms with Crippen molar-refractivity contribution in [3.05, 3.63) is 29.8 Å². The molecule has 22 heavy (non-hydrogen) atoms. The normalized spacial score (nSPS) is 13.6. The zero-order valence-electron chi connectivity index (χ0n) is 14.5. The highest BCUT2D eigenvalue weighted by atomic mass is 16.6. The van der Waals surface area contributed by atoms with Crippen LogP contribution in [0.1, 0.15) is 53.2 Å². The molecule has 0 radical (unpaired) electrons. The van der Waals surface area contributed by atoms with Crippen molar-refractivity contribution < 1.29 is 19.4 Å². The molecule has 0 saturated carbocycles. The Labute approximate surface area is 133 Å². The van der Waals surface area contributed by atoms with Crippen molar-refractivity contribution in [1.29, 1.82) is 0 Å². The maximum Gasteiger partial charge on any atom is 0.312 e. The van der Waals surface area contributed by atoms with Gasteiger partial charge in [0.1, 0.15) is 19.0 Å². The molecule has 1 unspecified atom stereocenters. The van der Waals surface area contributed by atoms with Gasteiger partial charge in [0.15, 0.2) is 0 Å². The molecule has 4 nitrogen and oxygen atoms in total. The average molecular weight is 308 g/mol. The second kappa shape index (κ2) is 7.14. The first-order chi connectivity index (χ1) is 10.1. The summed E-state index contributed by atoms with van der Waals surface area (Å²) in [5.41, 5.74) is 0.124. The lowest BCUT2D eigenvalue weighted by molar-refractivity contribution is -0.161. The molecule has 0 aromatic heterocycles. The second-order valence-corrected chi connectivity index (χ2v) is 7.10. The van der Waals surface area contributed by atoms with Crippen LogP contribution in [0, 0.1) is 10.8 Å². The summed E-state index contributed by atoms with van der Waals surface area (Å²) < 4.78 is 10.8. The third kappa shape index (κ3) is 4.73. The zero-order chi connectivity index (χ0) is 17.0. The minimum atomic E-state index is -0.550. The number of ether oxygens (including phenoxy) is 2. The molecule has 0 aliphatic rings. The van der Waals surface area contributed by atoms with Gasteiger partial charge < -0.3 is 14.6 Å². The Morgan fingerprint density at radius 2 is 1.64 bits per heavy atom. The van der Waals surface area contributed by atoms with Crippen molar-refractivity contribution in [2.75, 3.05) is 13.2 Å². The summed E-state index contributed by atoms with van der Waals surface area (Å²) in [5.74, 6) is 0.476. The van der Waals surface area contributed by atoms with Crippen LogP contribution < -0.4 is 4.74 Å². The molecule has 0 aliphatic carbocycles. The number of rotatable bonds is 6. The quantitative estimate of drug-likeness (QED) is 0.642. The minimum absolute atomic E-state index is 0.165. The monoisotopic (exact) mass is 308 g/mol. The van der Waals surface area contributed by atoms with Gasteiger partial charge in [0.25, 0.3) is 0 Å². The molecule has 1 atom stereocenters. The van der Waals surface area contributed by atoms with Crippen LogP contribution in [0.3, 0.4) is 0 Å². The van der Waals surface area contributed by atoms with Crippen LogP contribution in [0.5, 0.6) is 5.75 Å². The maximum atomic E-state index is 12.1. The van der Waals surface area contributed by atoms with Crippen molar-refractivity contribution in [1.82, 2.24) is 0 Å². The Morgan fingerprint density at radius 3 is 2.09 bits per heavy atom. The Hall–Kier alpha value is -1.55. The van der Waals surface area contributed by atoms with E-state index in [0.717, 1.165) is 5.56 Å². The standard InChI is InChI=1S/C18H28O4/c1-13(19)14-7-9-15(10-8-14)21-11-12-22-16(20)18(5,6)17(2,3)4/h7-10,13,19H,11-12H2,1-6H3. The van der Waals surface area contributed by atoms with Crippen molar-refractivity contribution >= 4 is 5.97 Å². The van der Waals surface area contributed by atoms with E-state index in [1.54, 1.807) is 19.1 Å². The van der Waals surface area contributed by atoms with Gasteiger partial charge in [0, 0.05) is 0 Å². The molecule has 1 aromatic carbocycles. The highest BCUT2D eigenvalue weighted by Gasteiger charge is 2.41. The van der Waals surface area contributed by atoms with E-state index < -0.39 is 11.5 Å². The van der Waals surface area contributed by atoms with E-state index in [9.17, 15) is 9.90 Å². The largest absolute Gasteiger partial charge is 0.490 e. The van der Waals surface area contributed by atoms with Gasteiger partial charge in [-0.25, -0.2) is 0 Å². The number of carbonyl (C=O) groups excluding carboxylic acids is 1. The molecule has 1 rings (SSSR count). The average Bonchev–Trinajstić information content (AvgIpc) is 2.42. The molecule has 0 spiro atoms. The third-order valence-electron chi connectivity index (χ3n) is 4.33. The molecule has 124 valence electrons. The summed E-state index contributed by atoms with van der Waals surface area (Å²) >= 11 is 0. The van der Waals surface area contributed by atoms with E-state index in [1.807, 2.05) is 46.8 Å². The molecule has 0 amide bonds. The number of aliphatic hydroxyl groups is 1. The van der Waals surface area contributed by atoms with Crippen LogP contribution in [0.4, 0.5) is 0 Å². The molecular formula is C18H28O4. The Balaban J connectivity index is 2.41. The first-order valence-electron chi connectivity index (χ1n) is 7.64. The number of hydrogen-bond acceptors (Lipinski definition) is 4. The maximum absolute atomic E-state index is 12.1. The molecule has 0 fully saturated rings. The fourth-order valence-electron chi connectivity index (χ4n) is 1.62. The van der Waals surface area contributed by atoms with E-state index in [-0.39, 0.29) is 18.0 Å². The Kier molecular flexibility index (Phi) is 6.00. The molecule has 4 heteroatoms. The van der Waals surface area contributed by atoms with Gasteiger partial charge >= 0.3 is 5.97 Å². The van der Waals surface area contributed by atoms with E-state index in [2.05, 4.69) is 0 Å². The van der Waals surface area contributed by atoms with Crippen LogP contribution in [-0.2, 0) is 9.53 Å². The fourth-order valence-corrected chi connectivity index (χ4v) is 1.62. The smallest absolute Gasteiger partial charge is 0.312 e.